The number of ketones is 1. The minimum atomic E-state index is -0.709. The molecule has 3 aromatic rings. The lowest BCUT2D eigenvalue weighted by Gasteiger charge is -2.56. The van der Waals surface area contributed by atoms with Crippen molar-refractivity contribution in [3.8, 4) is 5.75 Å². The van der Waals surface area contributed by atoms with Crippen LogP contribution in [-0.2, 0) is 17.8 Å². The molecule has 4 saturated carbocycles. The van der Waals surface area contributed by atoms with E-state index in [-0.39, 0.29) is 47.8 Å². The number of hydrogen-bond donors (Lipinski definition) is 2. The van der Waals surface area contributed by atoms with Crippen molar-refractivity contribution in [2.75, 3.05) is 13.2 Å². The number of carbonyl (C=O) groups is 3. The van der Waals surface area contributed by atoms with E-state index in [4.69, 9.17) is 4.74 Å². The predicted molar refractivity (Wildman–Crippen MR) is 138 cm³/mol. The first-order valence-corrected chi connectivity index (χ1v) is 13.7. The number of carbonyl (C=O) groups excluding carboxylic acids is 3. The zero-order chi connectivity index (χ0) is 26.7. The number of fused-ring (bicyclic) bond motifs is 2. The Labute approximate surface area is 224 Å². The zero-order valence-electron chi connectivity index (χ0n) is 21.5. The van der Waals surface area contributed by atoms with Crippen LogP contribution in [0.15, 0.2) is 30.5 Å². The standard InChI is InChI=1S/C29H30FN5O4/c30-22-13-33-35-24(28(38)32-15-29-9-17-3-18(10-29)5-19(4-17)11-29)8-23(34-26(22)35)27(37)31-12-16-1-2-25-20(6-16)7-21(36)14-39-25/h1-2,6,8,13,17-19H,3-5,7,9-12,14-15H2,(H,31,37)(H,32,38). The second-order valence-corrected chi connectivity index (χ2v) is 12.0. The van der Waals surface area contributed by atoms with Gasteiger partial charge in [-0.05, 0) is 79.4 Å². The van der Waals surface area contributed by atoms with Crippen LogP contribution in [0.4, 0.5) is 4.39 Å². The molecule has 4 aliphatic carbocycles. The average Bonchev–Trinajstić information content (AvgIpc) is 3.29. The highest BCUT2D eigenvalue weighted by Crippen LogP contribution is 2.59. The Morgan fingerprint density at radius 2 is 1.79 bits per heavy atom. The van der Waals surface area contributed by atoms with Gasteiger partial charge in [0, 0.05) is 31.1 Å². The molecule has 2 aromatic heterocycles. The number of halogens is 1. The van der Waals surface area contributed by atoms with Crippen LogP contribution >= 0.6 is 0 Å². The van der Waals surface area contributed by atoms with Crippen molar-refractivity contribution in [3.05, 3.63) is 58.8 Å². The molecule has 10 heteroatoms. The maximum Gasteiger partial charge on any atom is 0.270 e. The molecule has 8 rings (SSSR count). The van der Waals surface area contributed by atoms with Crippen LogP contribution in [0.3, 0.4) is 0 Å². The molecular weight excluding hydrogens is 501 g/mol. The summed E-state index contributed by atoms with van der Waals surface area (Å²) in [7, 11) is 0. The summed E-state index contributed by atoms with van der Waals surface area (Å²) in [6, 6.07) is 6.78. The Kier molecular flexibility index (Phi) is 5.68. The average molecular weight is 532 g/mol. The topological polar surface area (TPSA) is 115 Å². The molecular formula is C29H30FN5O4. The largest absolute Gasteiger partial charge is 0.486 e. The van der Waals surface area contributed by atoms with Crippen LogP contribution in [0.2, 0.25) is 0 Å². The highest BCUT2D eigenvalue weighted by Gasteiger charge is 2.50. The summed E-state index contributed by atoms with van der Waals surface area (Å²) in [5, 5.41) is 9.88. The van der Waals surface area contributed by atoms with Gasteiger partial charge in [-0.2, -0.15) is 5.10 Å². The number of Topliss-reactive ketones (excluding diaryl/α,β-unsaturated/α-hetero) is 1. The molecule has 9 nitrogen and oxygen atoms in total. The fraction of sp³-hybridized carbons (Fsp3) is 0.483. The number of hydrogen-bond acceptors (Lipinski definition) is 6. The summed E-state index contributed by atoms with van der Waals surface area (Å²) >= 11 is 0. The van der Waals surface area contributed by atoms with E-state index >= 15 is 0 Å². The number of benzene rings is 1. The first-order valence-electron chi connectivity index (χ1n) is 13.7. The van der Waals surface area contributed by atoms with Crippen LogP contribution in [-0.4, -0.2) is 45.3 Å². The first kappa shape index (κ1) is 24.2. The van der Waals surface area contributed by atoms with Gasteiger partial charge in [0.2, 0.25) is 0 Å². The second kappa shape index (κ2) is 9.14. The van der Waals surface area contributed by atoms with E-state index in [1.54, 1.807) is 6.07 Å². The van der Waals surface area contributed by atoms with E-state index in [0.29, 0.717) is 12.3 Å². The highest BCUT2D eigenvalue weighted by atomic mass is 19.1. The van der Waals surface area contributed by atoms with Gasteiger partial charge in [-0.25, -0.2) is 13.9 Å². The normalized spacial score (nSPS) is 26.8. The van der Waals surface area contributed by atoms with Crippen LogP contribution in [0.1, 0.15) is 70.6 Å². The number of nitrogens with zero attached hydrogens (tertiary/aromatic N) is 3. The number of aromatic nitrogens is 3. The van der Waals surface area contributed by atoms with E-state index in [9.17, 15) is 18.8 Å². The number of nitrogens with one attached hydrogen (secondary N) is 2. The lowest BCUT2D eigenvalue weighted by atomic mass is 9.49. The fourth-order valence-electron chi connectivity index (χ4n) is 7.80. The third kappa shape index (κ3) is 4.45. The van der Waals surface area contributed by atoms with Gasteiger partial charge in [-0.3, -0.25) is 14.4 Å². The summed E-state index contributed by atoms with van der Waals surface area (Å²) in [5.74, 6) is 1.31. The minimum Gasteiger partial charge on any atom is -0.486 e. The number of amides is 2. The number of ether oxygens (including phenoxy) is 1. The third-order valence-electron chi connectivity index (χ3n) is 9.04. The van der Waals surface area contributed by atoms with Gasteiger partial charge >= 0.3 is 0 Å². The van der Waals surface area contributed by atoms with E-state index in [1.807, 2.05) is 12.1 Å². The molecule has 1 aliphatic heterocycles. The van der Waals surface area contributed by atoms with Gasteiger partial charge in [0.25, 0.3) is 11.8 Å². The van der Waals surface area contributed by atoms with E-state index < -0.39 is 17.6 Å². The summed E-state index contributed by atoms with van der Waals surface area (Å²) in [5.41, 5.74) is 1.52. The molecule has 3 heterocycles. The van der Waals surface area contributed by atoms with Crippen LogP contribution in [0.25, 0.3) is 5.65 Å². The number of rotatable bonds is 6. The molecule has 2 amide bonds. The summed E-state index contributed by atoms with van der Waals surface area (Å²) in [6.45, 7) is 0.818. The quantitative estimate of drug-likeness (QED) is 0.505. The maximum atomic E-state index is 14.5. The van der Waals surface area contributed by atoms with Crippen molar-refractivity contribution in [1.82, 2.24) is 25.2 Å². The highest BCUT2D eigenvalue weighted by molar-refractivity contribution is 5.98. The molecule has 39 heavy (non-hydrogen) atoms. The minimum absolute atomic E-state index is 0.00183. The van der Waals surface area contributed by atoms with Crippen molar-refractivity contribution >= 4 is 23.2 Å². The van der Waals surface area contributed by atoms with E-state index in [2.05, 4.69) is 20.7 Å². The molecule has 202 valence electrons. The summed E-state index contributed by atoms with van der Waals surface area (Å²) in [6.07, 6.45) is 8.70. The molecule has 0 unspecified atom stereocenters. The molecule has 1 aromatic carbocycles. The van der Waals surface area contributed by atoms with Crippen molar-refractivity contribution in [2.45, 2.75) is 51.5 Å². The molecule has 5 aliphatic rings. The SMILES string of the molecule is O=C1COc2ccc(CNC(=O)c3cc(C(=O)NCC45CC6CC(CC(C6)C4)C5)n4ncc(F)c4n3)cc2C1. The smallest absolute Gasteiger partial charge is 0.270 e. The monoisotopic (exact) mass is 531 g/mol. The Morgan fingerprint density at radius 1 is 1.05 bits per heavy atom. The molecule has 4 bridgehead atoms. The zero-order valence-corrected chi connectivity index (χ0v) is 21.5. The third-order valence-corrected chi connectivity index (χ3v) is 9.04. The van der Waals surface area contributed by atoms with Gasteiger partial charge in [0.1, 0.15) is 23.7 Å². The van der Waals surface area contributed by atoms with Gasteiger partial charge in [0.05, 0.1) is 6.20 Å². The second-order valence-electron chi connectivity index (χ2n) is 12.0. The van der Waals surface area contributed by atoms with E-state index in [0.717, 1.165) is 58.9 Å². The van der Waals surface area contributed by atoms with Gasteiger partial charge in [-0.15, -0.1) is 0 Å². The summed E-state index contributed by atoms with van der Waals surface area (Å²) < 4.78 is 21.1. The predicted octanol–water partition coefficient (Wildman–Crippen LogP) is 3.25. The molecule has 0 atom stereocenters. The Morgan fingerprint density at radius 3 is 2.54 bits per heavy atom. The molecule has 0 spiro atoms. The van der Waals surface area contributed by atoms with E-state index in [1.165, 1.54) is 25.3 Å². The Bertz CT molecular complexity index is 1480. The van der Waals surface area contributed by atoms with Crippen molar-refractivity contribution in [3.63, 3.8) is 0 Å². The van der Waals surface area contributed by atoms with Crippen LogP contribution in [0.5, 0.6) is 5.75 Å². The molecule has 4 fully saturated rings. The molecule has 2 N–H and O–H groups in total. The molecule has 0 saturated heterocycles. The van der Waals surface area contributed by atoms with Gasteiger partial charge < -0.3 is 15.4 Å². The van der Waals surface area contributed by atoms with Crippen molar-refractivity contribution in [1.29, 1.82) is 0 Å². The lowest BCUT2D eigenvalue weighted by Crippen LogP contribution is -2.51. The van der Waals surface area contributed by atoms with Crippen LogP contribution < -0.4 is 15.4 Å². The maximum absolute atomic E-state index is 14.5. The molecule has 0 radical (unpaired) electrons. The van der Waals surface area contributed by atoms with Crippen molar-refractivity contribution < 1.29 is 23.5 Å². The lowest BCUT2D eigenvalue weighted by molar-refractivity contribution is -0.121. The van der Waals surface area contributed by atoms with Gasteiger partial charge in [-0.1, -0.05) is 6.07 Å². The summed E-state index contributed by atoms with van der Waals surface area (Å²) in [4.78, 5) is 42.3. The fourth-order valence-corrected chi connectivity index (χ4v) is 7.80. The van der Waals surface area contributed by atoms with Crippen molar-refractivity contribution in [2.24, 2.45) is 23.2 Å². The van der Waals surface area contributed by atoms with Gasteiger partial charge in [0.15, 0.2) is 17.2 Å². The Hall–Kier alpha value is -3.82. The van der Waals surface area contributed by atoms with Crippen LogP contribution in [0, 0.1) is 29.0 Å². The Balaban J connectivity index is 1.08. The first-order chi connectivity index (χ1) is 18.8.